The summed E-state index contributed by atoms with van der Waals surface area (Å²) in [4.78, 5) is 36.0. The lowest BCUT2D eigenvalue weighted by molar-refractivity contribution is -0.152. The van der Waals surface area contributed by atoms with Crippen molar-refractivity contribution < 1.29 is 27.5 Å². The molecule has 29 heavy (non-hydrogen) atoms. The molecular weight excluding hydrogens is 398 g/mol. The fourth-order valence-electron chi connectivity index (χ4n) is 2.96. The number of imide groups is 1. The van der Waals surface area contributed by atoms with E-state index in [1.807, 2.05) is 26.0 Å². The number of ether oxygens (including phenoxy) is 1. The number of hydrogen-bond acceptors (Lipinski definition) is 6. The van der Waals surface area contributed by atoms with Gasteiger partial charge in [0.05, 0.1) is 6.26 Å². The zero-order valence-electron chi connectivity index (χ0n) is 16.8. The van der Waals surface area contributed by atoms with Crippen LogP contribution in [-0.4, -0.2) is 56.1 Å². The third-order valence-electron chi connectivity index (χ3n) is 4.51. The number of nitrogens with zero attached hydrogens (tertiary/aromatic N) is 1. The van der Waals surface area contributed by atoms with Crippen molar-refractivity contribution in [1.82, 2.24) is 14.9 Å². The molecule has 0 unspecified atom stereocenters. The molecule has 2 rings (SSSR count). The van der Waals surface area contributed by atoms with Crippen LogP contribution in [0.4, 0.5) is 4.79 Å². The molecule has 0 saturated carbocycles. The van der Waals surface area contributed by atoms with Gasteiger partial charge in [-0.2, -0.15) is 4.31 Å². The molecule has 0 aromatic heterocycles. The Balaban J connectivity index is 1.93. The van der Waals surface area contributed by atoms with Gasteiger partial charge in [-0.15, -0.1) is 0 Å². The van der Waals surface area contributed by atoms with Gasteiger partial charge >= 0.3 is 12.0 Å². The summed E-state index contributed by atoms with van der Waals surface area (Å²) in [5.41, 5.74) is 1.67. The molecule has 1 aliphatic rings. The first kappa shape index (κ1) is 22.8. The Hall–Kier alpha value is -2.46. The SMILES string of the molecule is CC(C)CCNC(=O)NC(=O)COC(=O)[C@@H]1Cc2ccccc2CN1S(C)(=O)=O. The van der Waals surface area contributed by atoms with Crippen molar-refractivity contribution in [2.24, 2.45) is 5.92 Å². The maximum Gasteiger partial charge on any atom is 0.325 e. The van der Waals surface area contributed by atoms with Crippen molar-refractivity contribution in [3.8, 4) is 0 Å². The van der Waals surface area contributed by atoms with E-state index in [9.17, 15) is 22.8 Å². The number of sulfonamides is 1. The lowest BCUT2D eigenvalue weighted by Crippen LogP contribution is -2.49. The van der Waals surface area contributed by atoms with Crippen LogP contribution in [0.5, 0.6) is 0 Å². The Labute approximate surface area is 170 Å². The minimum absolute atomic E-state index is 0.0548. The largest absolute Gasteiger partial charge is 0.454 e. The van der Waals surface area contributed by atoms with E-state index in [1.54, 1.807) is 12.1 Å². The number of rotatable bonds is 7. The predicted molar refractivity (Wildman–Crippen MR) is 106 cm³/mol. The molecule has 1 aliphatic heterocycles. The topological polar surface area (TPSA) is 122 Å². The fraction of sp³-hybridized carbons (Fsp3) is 0.526. The van der Waals surface area contributed by atoms with Crippen LogP contribution < -0.4 is 10.6 Å². The fourth-order valence-corrected chi connectivity index (χ4v) is 3.96. The first-order chi connectivity index (χ1) is 13.6. The monoisotopic (exact) mass is 425 g/mol. The number of benzene rings is 1. The third-order valence-corrected chi connectivity index (χ3v) is 5.74. The van der Waals surface area contributed by atoms with E-state index >= 15 is 0 Å². The molecule has 0 bridgehead atoms. The molecular formula is C19H27N3O6S. The summed E-state index contributed by atoms with van der Waals surface area (Å²) in [6.07, 6.45) is 1.94. The molecule has 0 fully saturated rings. The van der Waals surface area contributed by atoms with Crippen LogP contribution in [0.15, 0.2) is 24.3 Å². The average molecular weight is 426 g/mol. The van der Waals surface area contributed by atoms with Gasteiger partial charge < -0.3 is 10.1 Å². The van der Waals surface area contributed by atoms with Gasteiger partial charge in [-0.1, -0.05) is 38.1 Å². The molecule has 1 heterocycles. The predicted octanol–water partition coefficient (Wildman–Crippen LogP) is 0.788. The van der Waals surface area contributed by atoms with E-state index in [1.165, 1.54) is 0 Å². The summed E-state index contributed by atoms with van der Waals surface area (Å²) in [5, 5.41) is 4.61. The van der Waals surface area contributed by atoms with Crippen molar-refractivity contribution in [2.75, 3.05) is 19.4 Å². The Morgan fingerprint density at radius 3 is 2.48 bits per heavy atom. The van der Waals surface area contributed by atoms with Crippen molar-refractivity contribution >= 4 is 27.9 Å². The first-order valence-electron chi connectivity index (χ1n) is 9.36. The zero-order valence-corrected chi connectivity index (χ0v) is 17.6. The second-order valence-electron chi connectivity index (χ2n) is 7.39. The molecule has 0 aliphatic carbocycles. The lowest BCUT2D eigenvalue weighted by atomic mass is 9.96. The summed E-state index contributed by atoms with van der Waals surface area (Å²) < 4.78 is 30.3. The Bertz CT molecular complexity index is 868. The molecule has 10 heteroatoms. The van der Waals surface area contributed by atoms with Crippen LogP contribution in [0.3, 0.4) is 0 Å². The molecule has 2 N–H and O–H groups in total. The Kier molecular flexibility index (Phi) is 7.74. The summed E-state index contributed by atoms with van der Waals surface area (Å²) in [6, 6.07) is 5.50. The summed E-state index contributed by atoms with van der Waals surface area (Å²) in [7, 11) is -3.67. The number of fused-ring (bicyclic) bond motifs is 1. The van der Waals surface area contributed by atoms with Gasteiger partial charge in [-0.05, 0) is 23.5 Å². The van der Waals surface area contributed by atoms with Crippen LogP contribution in [0.2, 0.25) is 0 Å². The van der Waals surface area contributed by atoms with Crippen LogP contribution in [-0.2, 0) is 37.3 Å². The standard InChI is InChI=1S/C19H27N3O6S/c1-13(2)8-9-20-19(25)21-17(23)12-28-18(24)16-10-14-6-4-5-7-15(14)11-22(16)29(3,26)27/h4-7,13,16H,8-12H2,1-3H3,(H2,20,21,23,25)/t16-/m0/s1. The minimum Gasteiger partial charge on any atom is -0.454 e. The minimum atomic E-state index is -3.67. The number of nitrogens with one attached hydrogen (secondary N) is 2. The highest BCUT2D eigenvalue weighted by Crippen LogP contribution is 2.26. The van der Waals surface area contributed by atoms with Crippen LogP contribution in [0.1, 0.15) is 31.4 Å². The number of amides is 3. The number of hydrogen-bond donors (Lipinski definition) is 2. The smallest absolute Gasteiger partial charge is 0.325 e. The van der Waals surface area contributed by atoms with Gasteiger partial charge in [0.25, 0.3) is 5.91 Å². The maximum absolute atomic E-state index is 12.5. The van der Waals surface area contributed by atoms with Crippen molar-refractivity contribution in [3.05, 3.63) is 35.4 Å². The quantitative estimate of drug-likeness (QED) is 0.623. The second kappa shape index (κ2) is 9.84. The lowest BCUT2D eigenvalue weighted by Gasteiger charge is -2.33. The molecule has 0 radical (unpaired) electrons. The van der Waals surface area contributed by atoms with Gasteiger partial charge in [0.2, 0.25) is 10.0 Å². The molecule has 3 amide bonds. The van der Waals surface area contributed by atoms with Crippen molar-refractivity contribution in [1.29, 1.82) is 0 Å². The highest BCUT2D eigenvalue weighted by molar-refractivity contribution is 7.88. The van der Waals surface area contributed by atoms with Crippen LogP contribution in [0.25, 0.3) is 0 Å². The van der Waals surface area contributed by atoms with Gasteiger partial charge in [-0.25, -0.2) is 13.2 Å². The molecule has 0 saturated heterocycles. The number of carbonyl (C=O) groups excluding carboxylic acids is 3. The van der Waals surface area contributed by atoms with E-state index in [2.05, 4.69) is 10.6 Å². The van der Waals surface area contributed by atoms with Crippen LogP contribution >= 0.6 is 0 Å². The number of carbonyl (C=O) groups is 3. The summed E-state index contributed by atoms with van der Waals surface area (Å²) >= 11 is 0. The van der Waals surface area contributed by atoms with Gasteiger partial charge in [0.1, 0.15) is 6.04 Å². The van der Waals surface area contributed by atoms with Crippen LogP contribution in [0, 0.1) is 5.92 Å². The van der Waals surface area contributed by atoms with Gasteiger partial charge in [-0.3, -0.25) is 14.9 Å². The zero-order chi connectivity index (χ0) is 21.6. The normalized spacial score (nSPS) is 16.8. The summed E-state index contributed by atoms with van der Waals surface area (Å²) in [6.45, 7) is 3.81. The molecule has 0 spiro atoms. The van der Waals surface area contributed by atoms with E-state index in [-0.39, 0.29) is 13.0 Å². The van der Waals surface area contributed by atoms with E-state index < -0.39 is 40.6 Å². The average Bonchev–Trinajstić information content (AvgIpc) is 2.64. The van der Waals surface area contributed by atoms with E-state index in [0.717, 1.165) is 28.1 Å². The van der Waals surface area contributed by atoms with Crippen molar-refractivity contribution in [3.63, 3.8) is 0 Å². The molecule has 9 nitrogen and oxygen atoms in total. The maximum atomic E-state index is 12.5. The van der Waals surface area contributed by atoms with E-state index in [0.29, 0.717) is 12.5 Å². The Morgan fingerprint density at radius 1 is 1.21 bits per heavy atom. The second-order valence-corrected chi connectivity index (χ2v) is 9.33. The molecule has 1 aromatic carbocycles. The molecule has 1 aromatic rings. The summed E-state index contributed by atoms with van der Waals surface area (Å²) in [5.74, 6) is -1.21. The van der Waals surface area contributed by atoms with Gasteiger partial charge in [0, 0.05) is 19.5 Å². The highest BCUT2D eigenvalue weighted by atomic mass is 32.2. The third kappa shape index (κ3) is 6.82. The van der Waals surface area contributed by atoms with Gasteiger partial charge in [0.15, 0.2) is 6.61 Å². The molecule has 1 atom stereocenters. The number of urea groups is 1. The Morgan fingerprint density at radius 2 is 1.86 bits per heavy atom. The van der Waals surface area contributed by atoms with Crippen molar-refractivity contribution in [2.45, 2.75) is 39.3 Å². The van der Waals surface area contributed by atoms with E-state index in [4.69, 9.17) is 4.74 Å². The highest BCUT2D eigenvalue weighted by Gasteiger charge is 2.38. The molecule has 160 valence electrons. The number of esters is 1. The first-order valence-corrected chi connectivity index (χ1v) is 11.2.